The molecule has 0 radical (unpaired) electrons. The van der Waals surface area contributed by atoms with E-state index in [-0.39, 0.29) is 11.4 Å². The van der Waals surface area contributed by atoms with E-state index in [2.05, 4.69) is 31.4 Å². The van der Waals surface area contributed by atoms with E-state index >= 15 is 0 Å². The highest BCUT2D eigenvalue weighted by molar-refractivity contribution is 6.08. The number of carbonyl (C=O) groups excluding carboxylic acids is 1. The summed E-state index contributed by atoms with van der Waals surface area (Å²) in [6, 6.07) is 12.0. The van der Waals surface area contributed by atoms with E-state index in [4.69, 9.17) is 4.74 Å². The number of hydrogen-bond donors (Lipinski definition) is 0. The van der Waals surface area contributed by atoms with Crippen molar-refractivity contribution in [2.24, 2.45) is 0 Å². The first kappa shape index (κ1) is 16.0. The van der Waals surface area contributed by atoms with Gasteiger partial charge in [0, 0.05) is 17.8 Å². The third-order valence-electron chi connectivity index (χ3n) is 4.26. The summed E-state index contributed by atoms with van der Waals surface area (Å²) in [6.45, 7) is 7.84. The quantitative estimate of drug-likeness (QED) is 0.781. The molecule has 3 rings (SSSR count). The van der Waals surface area contributed by atoms with E-state index in [0.29, 0.717) is 6.61 Å². The van der Waals surface area contributed by atoms with Crippen molar-refractivity contribution in [1.82, 2.24) is 4.57 Å². The molecule has 2 aromatic rings. The van der Waals surface area contributed by atoms with Crippen LogP contribution >= 0.6 is 0 Å². The second kappa shape index (κ2) is 6.32. The highest BCUT2D eigenvalue weighted by Crippen LogP contribution is 2.21. The van der Waals surface area contributed by atoms with Gasteiger partial charge in [-0.25, -0.2) is 0 Å². The van der Waals surface area contributed by atoms with Crippen LogP contribution in [0, 0.1) is 0 Å². The van der Waals surface area contributed by atoms with Crippen molar-refractivity contribution in [3.63, 3.8) is 0 Å². The summed E-state index contributed by atoms with van der Waals surface area (Å²) in [5.41, 5.74) is 3.96. The minimum absolute atomic E-state index is 0.106. The van der Waals surface area contributed by atoms with Crippen molar-refractivity contribution < 1.29 is 9.53 Å². The molecule has 0 bridgehead atoms. The molecule has 3 nitrogen and oxygen atoms in total. The van der Waals surface area contributed by atoms with Crippen LogP contribution in [-0.4, -0.2) is 22.6 Å². The van der Waals surface area contributed by atoms with Gasteiger partial charge in [0.05, 0.1) is 17.9 Å². The standard InChI is InChI=1S/C20H25NO2/c1-20(2,3)23-14-12-15-6-8-16(9-7-15)19(22)18-11-10-17-5-4-13-21(17)18/h6-11H,4-5,12-14H2,1-3H3. The first-order valence-corrected chi connectivity index (χ1v) is 8.40. The van der Waals surface area contributed by atoms with Gasteiger partial charge in [0.1, 0.15) is 0 Å². The molecule has 1 aromatic heterocycles. The zero-order valence-electron chi connectivity index (χ0n) is 14.3. The molecule has 2 heterocycles. The van der Waals surface area contributed by atoms with Crippen molar-refractivity contribution >= 4 is 5.78 Å². The Bertz CT molecular complexity index is 689. The lowest BCUT2D eigenvalue weighted by Crippen LogP contribution is -2.20. The zero-order chi connectivity index (χ0) is 16.4. The number of nitrogens with zero attached hydrogens (tertiary/aromatic N) is 1. The number of aromatic nitrogens is 1. The van der Waals surface area contributed by atoms with Crippen LogP contribution in [0.2, 0.25) is 0 Å². The van der Waals surface area contributed by atoms with Gasteiger partial charge < -0.3 is 9.30 Å². The van der Waals surface area contributed by atoms with Gasteiger partial charge in [0.15, 0.2) is 0 Å². The van der Waals surface area contributed by atoms with E-state index in [0.717, 1.165) is 37.1 Å². The lowest BCUT2D eigenvalue weighted by Gasteiger charge is -2.19. The summed E-state index contributed by atoms with van der Waals surface area (Å²) >= 11 is 0. The Balaban J connectivity index is 1.66. The second-order valence-electron chi connectivity index (χ2n) is 7.20. The maximum Gasteiger partial charge on any atom is 0.209 e. The van der Waals surface area contributed by atoms with Crippen LogP contribution in [0.5, 0.6) is 0 Å². The van der Waals surface area contributed by atoms with E-state index in [9.17, 15) is 4.79 Å². The van der Waals surface area contributed by atoms with Crippen LogP contribution in [0.15, 0.2) is 36.4 Å². The van der Waals surface area contributed by atoms with Crippen LogP contribution in [0.1, 0.15) is 54.5 Å². The third kappa shape index (κ3) is 3.73. The Labute approximate surface area is 138 Å². The molecular weight excluding hydrogens is 286 g/mol. The molecule has 0 unspecified atom stereocenters. The molecule has 122 valence electrons. The lowest BCUT2D eigenvalue weighted by atomic mass is 10.0. The smallest absolute Gasteiger partial charge is 0.209 e. The fraction of sp³-hybridized carbons (Fsp3) is 0.450. The second-order valence-corrected chi connectivity index (χ2v) is 7.20. The molecule has 1 aliphatic rings. The molecule has 0 N–H and O–H groups in total. The van der Waals surface area contributed by atoms with Crippen molar-refractivity contribution in [2.45, 2.75) is 52.2 Å². The van der Waals surface area contributed by atoms with Gasteiger partial charge >= 0.3 is 0 Å². The lowest BCUT2D eigenvalue weighted by molar-refractivity contribution is -0.000977. The maximum absolute atomic E-state index is 12.7. The number of hydrogen-bond acceptors (Lipinski definition) is 2. The largest absolute Gasteiger partial charge is 0.376 e. The molecule has 0 aliphatic carbocycles. The minimum atomic E-state index is -0.106. The van der Waals surface area contributed by atoms with Crippen molar-refractivity contribution in [3.8, 4) is 0 Å². The Morgan fingerprint density at radius 2 is 1.87 bits per heavy atom. The maximum atomic E-state index is 12.7. The normalized spacial score (nSPS) is 14.0. The molecule has 1 aromatic carbocycles. The number of ketones is 1. The van der Waals surface area contributed by atoms with Gasteiger partial charge in [0.25, 0.3) is 0 Å². The van der Waals surface area contributed by atoms with Crippen molar-refractivity contribution in [2.75, 3.05) is 6.61 Å². The van der Waals surface area contributed by atoms with Crippen molar-refractivity contribution in [3.05, 3.63) is 58.9 Å². The summed E-state index contributed by atoms with van der Waals surface area (Å²) in [4.78, 5) is 12.7. The van der Waals surface area contributed by atoms with Gasteiger partial charge in [-0.05, 0) is 57.7 Å². The molecule has 0 spiro atoms. The van der Waals surface area contributed by atoms with E-state index < -0.39 is 0 Å². The molecule has 1 aliphatic heterocycles. The molecule has 3 heteroatoms. The number of aryl methyl sites for hydroxylation is 1. The number of rotatable bonds is 5. The molecule has 0 amide bonds. The number of benzene rings is 1. The molecule has 23 heavy (non-hydrogen) atoms. The summed E-state index contributed by atoms with van der Waals surface area (Å²) in [7, 11) is 0. The van der Waals surface area contributed by atoms with Gasteiger partial charge in [-0.3, -0.25) is 4.79 Å². The van der Waals surface area contributed by atoms with Gasteiger partial charge in [-0.2, -0.15) is 0 Å². The first-order valence-electron chi connectivity index (χ1n) is 8.40. The summed E-state index contributed by atoms with van der Waals surface area (Å²) in [6.07, 6.45) is 3.09. The third-order valence-corrected chi connectivity index (χ3v) is 4.26. The Morgan fingerprint density at radius 1 is 1.13 bits per heavy atom. The fourth-order valence-corrected chi connectivity index (χ4v) is 3.05. The highest BCUT2D eigenvalue weighted by Gasteiger charge is 2.19. The van der Waals surface area contributed by atoms with Gasteiger partial charge in [-0.15, -0.1) is 0 Å². The van der Waals surface area contributed by atoms with Gasteiger partial charge in [0.2, 0.25) is 5.78 Å². The summed E-state index contributed by atoms with van der Waals surface area (Å²) < 4.78 is 7.91. The summed E-state index contributed by atoms with van der Waals surface area (Å²) in [5.74, 6) is 0.121. The predicted octanol–water partition coefficient (Wildman–Crippen LogP) is 4.02. The molecule has 0 atom stereocenters. The predicted molar refractivity (Wildman–Crippen MR) is 92.0 cm³/mol. The average molecular weight is 311 g/mol. The van der Waals surface area contributed by atoms with Gasteiger partial charge in [-0.1, -0.05) is 24.3 Å². The highest BCUT2D eigenvalue weighted by atomic mass is 16.5. The SMILES string of the molecule is CC(C)(C)OCCc1ccc(C(=O)c2ccc3n2CCC3)cc1. The minimum Gasteiger partial charge on any atom is -0.376 e. The Hall–Kier alpha value is -1.87. The zero-order valence-corrected chi connectivity index (χ0v) is 14.3. The first-order chi connectivity index (χ1) is 10.9. The van der Waals surface area contributed by atoms with E-state index in [1.54, 1.807) is 0 Å². The average Bonchev–Trinajstić information content (AvgIpc) is 3.09. The van der Waals surface area contributed by atoms with Crippen LogP contribution in [0.3, 0.4) is 0 Å². The number of carbonyl (C=O) groups is 1. The number of ether oxygens (including phenoxy) is 1. The topological polar surface area (TPSA) is 31.2 Å². The molecule has 0 saturated heterocycles. The monoisotopic (exact) mass is 311 g/mol. The Morgan fingerprint density at radius 3 is 2.57 bits per heavy atom. The molecule has 0 fully saturated rings. The van der Waals surface area contributed by atoms with E-state index in [1.807, 2.05) is 30.3 Å². The van der Waals surface area contributed by atoms with Crippen LogP contribution in [0.4, 0.5) is 0 Å². The number of fused-ring (bicyclic) bond motifs is 1. The fourth-order valence-electron chi connectivity index (χ4n) is 3.05. The Kier molecular flexibility index (Phi) is 4.40. The molecule has 0 saturated carbocycles. The van der Waals surface area contributed by atoms with Crippen molar-refractivity contribution in [1.29, 1.82) is 0 Å². The molecular formula is C20H25NO2. The summed E-state index contributed by atoms with van der Waals surface area (Å²) in [5, 5.41) is 0. The van der Waals surface area contributed by atoms with Crippen LogP contribution in [0.25, 0.3) is 0 Å². The van der Waals surface area contributed by atoms with Crippen LogP contribution in [-0.2, 0) is 24.1 Å². The van der Waals surface area contributed by atoms with Crippen LogP contribution < -0.4 is 0 Å². The van der Waals surface area contributed by atoms with E-state index in [1.165, 1.54) is 11.3 Å².